The SMILES string of the molecule is O=C(O)C(O)C(O)c1c(-c2ccccc2)n(-c2ccccc2)c2ccccc12. The fraction of sp³-hybridized carbons (Fsp3) is 0.0870. The molecule has 0 fully saturated rings. The number of benzene rings is 3. The van der Waals surface area contributed by atoms with Crippen LogP contribution in [0.4, 0.5) is 0 Å². The van der Waals surface area contributed by atoms with Crippen LogP contribution >= 0.6 is 0 Å². The average Bonchev–Trinajstić information content (AvgIpc) is 3.09. The molecule has 2 atom stereocenters. The van der Waals surface area contributed by atoms with Gasteiger partial charge in [-0.05, 0) is 23.8 Å². The lowest BCUT2D eigenvalue weighted by molar-refractivity contribution is -0.153. The van der Waals surface area contributed by atoms with E-state index in [0.29, 0.717) is 16.6 Å². The molecule has 4 aromatic rings. The van der Waals surface area contributed by atoms with Crippen molar-refractivity contribution in [3.8, 4) is 16.9 Å². The van der Waals surface area contributed by atoms with Gasteiger partial charge in [-0.3, -0.25) is 0 Å². The van der Waals surface area contributed by atoms with Crippen LogP contribution in [0.1, 0.15) is 11.7 Å². The molecule has 1 heterocycles. The summed E-state index contributed by atoms with van der Waals surface area (Å²) in [6.07, 6.45) is -3.51. The molecule has 0 saturated heterocycles. The second-order valence-electron chi connectivity index (χ2n) is 6.54. The normalized spacial score (nSPS) is 13.4. The minimum absolute atomic E-state index is 0.389. The van der Waals surface area contributed by atoms with Crippen LogP contribution in [-0.2, 0) is 4.79 Å². The summed E-state index contributed by atoms with van der Waals surface area (Å²) in [4.78, 5) is 11.4. The van der Waals surface area contributed by atoms with Crippen molar-refractivity contribution in [2.45, 2.75) is 12.2 Å². The molecular weight excluding hydrogens is 354 g/mol. The molecule has 0 bridgehead atoms. The molecule has 140 valence electrons. The predicted octanol–water partition coefficient (Wildman–Crippen LogP) is 3.78. The number of aliphatic hydroxyl groups is 2. The third-order valence-electron chi connectivity index (χ3n) is 4.82. The number of nitrogens with zero attached hydrogens (tertiary/aromatic N) is 1. The lowest BCUT2D eigenvalue weighted by atomic mass is 9.97. The average molecular weight is 373 g/mol. The number of carbonyl (C=O) groups is 1. The zero-order chi connectivity index (χ0) is 19.7. The van der Waals surface area contributed by atoms with Gasteiger partial charge in [0, 0.05) is 16.6 Å². The smallest absolute Gasteiger partial charge is 0.335 e. The Morgan fingerprint density at radius 2 is 1.36 bits per heavy atom. The highest BCUT2D eigenvalue weighted by atomic mass is 16.4. The van der Waals surface area contributed by atoms with Crippen LogP contribution in [0.5, 0.6) is 0 Å². The maximum absolute atomic E-state index is 11.4. The molecule has 5 heteroatoms. The van der Waals surface area contributed by atoms with Gasteiger partial charge in [0.15, 0.2) is 6.10 Å². The van der Waals surface area contributed by atoms with Crippen molar-refractivity contribution in [1.82, 2.24) is 4.57 Å². The van der Waals surface area contributed by atoms with Gasteiger partial charge >= 0.3 is 5.97 Å². The fourth-order valence-corrected chi connectivity index (χ4v) is 3.58. The Hall–Kier alpha value is -3.41. The molecule has 28 heavy (non-hydrogen) atoms. The highest BCUT2D eigenvalue weighted by Gasteiger charge is 2.32. The zero-order valence-electron chi connectivity index (χ0n) is 14.9. The molecule has 0 aliphatic rings. The summed E-state index contributed by atoms with van der Waals surface area (Å²) in [6, 6.07) is 26.6. The van der Waals surface area contributed by atoms with Crippen molar-refractivity contribution < 1.29 is 20.1 Å². The van der Waals surface area contributed by atoms with E-state index in [1.165, 1.54) is 0 Å². The number of fused-ring (bicyclic) bond motifs is 1. The van der Waals surface area contributed by atoms with Crippen LogP contribution in [0, 0.1) is 0 Å². The highest BCUT2D eigenvalue weighted by molar-refractivity contribution is 5.95. The Balaban J connectivity index is 2.12. The molecule has 0 saturated carbocycles. The van der Waals surface area contributed by atoms with Crippen molar-refractivity contribution >= 4 is 16.9 Å². The van der Waals surface area contributed by atoms with Crippen LogP contribution in [-0.4, -0.2) is 32.0 Å². The molecular formula is C23H19NO4. The summed E-state index contributed by atoms with van der Waals surface area (Å²) in [5.74, 6) is -1.47. The standard InChI is InChI=1S/C23H19NO4/c25-21(22(26)23(27)28)19-17-13-7-8-14-18(17)24(16-11-5-2-6-12-16)20(19)15-9-3-1-4-10-15/h1-14,21-22,25-26H,(H,27,28). The summed E-state index contributed by atoms with van der Waals surface area (Å²) < 4.78 is 1.98. The van der Waals surface area contributed by atoms with Crippen molar-refractivity contribution in [2.24, 2.45) is 0 Å². The Morgan fingerprint density at radius 1 is 0.786 bits per heavy atom. The van der Waals surface area contributed by atoms with Crippen molar-refractivity contribution in [1.29, 1.82) is 0 Å². The largest absolute Gasteiger partial charge is 0.479 e. The molecule has 0 amide bonds. The van der Waals surface area contributed by atoms with E-state index in [0.717, 1.165) is 16.8 Å². The maximum atomic E-state index is 11.4. The number of aliphatic hydroxyl groups excluding tert-OH is 2. The van der Waals surface area contributed by atoms with E-state index in [2.05, 4.69) is 0 Å². The minimum atomic E-state index is -1.93. The van der Waals surface area contributed by atoms with Gasteiger partial charge in [0.05, 0.1) is 11.2 Å². The zero-order valence-corrected chi connectivity index (χ0v) is 14.9. The first-order valence-corrected chi connectivity index (χ1v) is 8.92. The summed E-state index contributed by atoms with van der Waals surface area (Å²) in [6.45, 7) is 0. The van der Waals surface area contributed by atoms with Gasteiger partial charge in [-0.1, -0.05) is 66.7 Å². The second-order valence-corrected chi connectivity index (χ2v) is 6.54. The van der Waals surface area contributed by atoms with Crippen LogP contribution < -0.4 is 0 Å². The van der Waals surface area contributed by atoms with Gasteiger partial charge in [-0.2, -0.15) is 0 Å². The first-order valence-electron chi connectivity index (χ1n) is 8.92. The van der Waals surface area contributed by atoms with Gasteiger partial charge < -0.3 is 19.9 Å². The summed E-state index contributed by atoms with van der Waals surface area (Å²) >= 11 is 0. The Labute approximate surface area is 161 Å². The third-order valence-corrected chi connectivity index (χ3v) is 4.82. The first-order chi connectivity index (χ1) is 13.6. The Bertz CT molecular complexity index is 1120. The molecule has 5 nitrogen and oxygen atoms in total. The van der Waals surface area contributed by atoms with E-state index < -0.39 is 18.2 Å². The highest BCUT2D eigenvalue weighted by Crippen LogP contribution is 2.40. The number of carboxylic acids is 1. The number of hydrogen-bond acceptors (Lipinski definition) is 3. The molecule has 0 radical (unpaired) electrons. The van der Waals surface area contributed by atoms with Gasteiger partial charge in [-0.25, -0.2) is 4.79 Å². The van der Waals surface area contributed by atoms with Gasteiger partial charge in [0.25, 0.3) is 0 Å². The van der Waals surface area contributed by atoms with E-state index >= 15 is 0 Å². The lowest BCUT2D eigenvalue weighted by Crippen LogP contribution is -2.27. The quantitative estimate of drug-likeness (QED) is 0.497. The number of aliphatic carboxylic acids is 1. The van der Waals surface area contributed by atoms with Crippen LogP contribution in [0.3, 0.4) is 0 Å². The fourth-order valence-electron chi connectivity index (χ4n) is 3.58. The topological polar surface area (TPSA) is 82.7 Å². The maximum Gasteiger partial charge on any atom is 0.335 e. The molecule has 3 N–H and O–H groups in total. The van der Waals surface area contributed by atoms with Crippen LogP contribution in [0.2, 0.25) is 0 Å². The second kappa shape index (κ2) is 7.31. The molecule has 3 aromatic carbocycles. The summed E-state index contributed by atoms with van der Waals surface area (Å²) in [7, 11) is 0. The first kappa shape index (κ1) is 18.0. The molecule has 0 spiro atoms. The Kier molecular flexibility index (Phi) is 4.69. The number of carboxylic acid groups (broad SMARTS) is 1. The van der Waals surface area contributed by atoms with Gasteiger partial charge in [0.1, 0.15) is 6.10 Å². The van der Waals surface area contributed by atoms with E-state index in [1.807, 2.05) is 89.5 Å². The van der Waals surface area contributed by atoms with Gasteiger partial charge in [0.2, 0.25) is 0 Å². The number of para-hydroxylation sites is 2. The number of rotatable bonds is 5. The van der Waals surface area contributed by atoms with E-state index in [1.54, 1.807) is 0 Å². The minimum Gasteiger partial charge on any atom is -0.479 e. The monoisotopic (exact) mass is 373 g/mol. The number of aromatic nitrogens is 1. The Morgan fingerprint density at radius 3 is 2.00 bits per heavy atom. The molecule has 1 aromatic heterocycles. The van der Waals surface area contributed by atoms with Crippen molar-refractivity contribution in [3.05, 3.63) is 90.5 Å². The lowest BCUT2D eigenvalue weighted by Gasteiger charge is -2.18. The summed E-state index contributed by atoms with van der Waals surface area (Å²) in [5, 5.41) is 30.9. The third kappa shape index (κ3) is 2.97. The van der Waals surface area contributed by atoms with E-state index in [4.69, 9.17) is 0 Å². The molecule has 0 aliphatic carbocycles. The molecule has 4 rings (SSSR count). The summed E-state index contributed by atoms with van der Waals surface area (Å²) in [5.41, 5.74) is 3.55. The van der Waals surface area contributed by atoms with Gasteiger partial charge in [-0.15, -0.1) is 0 Å². The predicted molar refractivity (Wildman–Crippen MR) is 107 cm³/mol. The van der Waals surface area contributed by atoms with Crippen molar-refractivity contribution in [3.63, 3.8) is 0 Å². The van der Waals surface area contributed by atoms with Crippen LogP contribution in [0.25, 0.3) is 27.8 Å². The number of hydrogen-bond donors (Lipinski definition) is 3. The van der Waals surface area contributed by atoms with Crippen LogP contribution in [0.15, 0.2) is 84.9 Å². The molecule has 2 unspecified atom stereocenters. The molecule has 0 aliphatic heterocycles. The van der Waals surface area contributed by atoms with Crippen molar-refractivity contribution in [2.75, 3.05) is 0 Å². The van der Waals surface area contributed by atoms with E-state index in [9.17, 15) is 20.1 Å². The van der Waals surface area contributed by atoms with E-state index in [-0.39, 0.29) is 0 Å².